The van der Waals surface area contributed by atoms with E-state index in [1.54, 1.807) is 0 Å². The highest BCUT2D eigenvalue weighted by atomic mass is 32.2. The fourth-order valence-electron chi connectivity index (χ4n) is 3.25. The normalized spacial score (nSPS) is 11.8. The summed E-state index contributed by atoms with van der Waals surface area (Å²) in [5, 5.41) is 0.241. The number of furan rings is 1. The van der Waals surface area contributed by atoms with E-state index in [9.17, 15) is 26.8 Å². The van der Waals surface area contributed by atoms with Crippen LogP contribution < -0.4 is 15.9 Å². The number of aromatic nitrogens is 2. The van der Waals surface area contributed by atoms with E-state index in [1.165, 1.54) is 36.3 Å². The van der Waals surface area contributed by atoms with Crippen LogP contribution >= 0.6 is 0 Å². The van der Waals surface area contributed by atoms with Gasteiger partial charge in [0.25, 0.3) is 11.1 Å². The summed E-state index contributed by atoms with van der Waals surface area (Å²) in [5.74, 6) is -2.92. The Morgan fingerprint density at radius 3 is 2.47 bits per heavy atom. The number of rotatable bonds is 5. The second-order valence-electron chi connectivity index (χ2n) is 7.21. The Kier molecular flexibility index (Phi) is 5.21. The Morgan fingerprint density at radius 2 is 1.78 bits per heavy atom. The van der Waals surface area contributed by atoms with Crippen molar-refractivity contribution in [2.24, 2.45) is 7.05 Å². The van der Waals surface area contributed by atoms with Crippen LogP contribution in [0, 0.1) is 11.6 Å². The molecule has 32 heavy (non-hydrogen) atoms. The highest BCUT2D eigenvalue weighted by Gasteiger charge is 2.20. The summed E-state index contributed by atoms with van der Waals surface area (Å²) in [6.45, 7) is 0. The molecule has 11 heteroatoms. The maximum atomic E-state index is 14.2. The Morgan fingerprint density at radius 1 is 1.03 bits per heavy atom. The number of benzene rings is 1. The number of nitrogens with zero attached hydrogens (tertiary/aromatic N) is 2. The molecular formula is C21H16F2N2O6S. The van der Waals surface area contributed by atoms with E-state index in [0.717, 1.165) is 29.0 Å². The summed E-state index contributed by atoms with van der Waals surface area (Å²) in [7, 11) is -2.08. The summed E-state index contributed by atoms with van der Waals surface area (Å²) in [6.07, 6.45) is 4.92. The first-order valence-corrected chi connectivity index (χ1v) is 11.2. The second kappa shape index (κ2) is 7.75. The third kappa shape index (κ3) is 4.06. The molecule has 0 saturated carbocycles. The van der Waals surface area contributed by atoms with Crippen molar-refractivity contribution in [2.75, 3.05) is 6.26 Å². The van der Waals surface area contributed by atoms with E-state index in [4.69, 9.17) is 9.15 Å². The number of hydrogen-bond acceptors (Lipinski definition) is 6. The molecule has 0 bridgehead atoms. The molecule has 0 N–H and O–H groups in total. The van der Waals surface area contributed by atoms with Crippen LogP contribution in [0.5, 0.6) is 11.5 Å². The summed E-state index contributed by atoms with van der Waals surface area (Å²) in [4.78, 5) is 24.9. The van der Waals surface area contributed by atoms with E-state index in [1.807, 2.05) is 0 Å². The van der Waals surface area contributed by atoms with Crippen molar-refractivity contribution in [3.05, 3.63) is 81.3 Å². The smallest absolute Gasteiger partial charge is 0.261 e. The molecule has 4 rings (SSSR count). The Hall–Kier alpha value is -3.73. The topological polar surface area (TPSA) is 101 Å². The number of ether oxygens (including phenoxy) is 1. The van der Waals surface area contributed by atoms with Crippen LogP contribution in [0.1, 0.15) is 0 Å². The third-order valence-electron chi connectivity index (χ3n) is 4.65. The van der Waals surface area contributed by atoms with Crippen LogP contribution in [0.2, 0.25) is 0 Å². The van der Waals surface area contributed by atoms with Crippen LogP contribution in [0.15, 0.2) is 63.0 Å². The monoisotopic (exact) mass is 462 g/mol. The molecule has 0 aliphatic carbocycles. The number of sulfone groups is 1. The zero-order chi connectivity index (χ0) is 23.2. The molecule has 0 amide bonds. The summed E-state index contributed by atoms with van der Waals surface area (Å²) < 4.78 is 64.3. The molecule has 0 unspecified atom stereocenters. The lowest BCUT2D eigenvalue weighted by Gasteiger charge is -2.15. The first kappa shape index (κ1) is 21.5. The van der Waals surface area contributed by atoms with Crippen molar-refractivity contribution in [2.45, 2.75) is 5.88 Å². The average molecular weight is 462 g/mol. The average Bonchev–Trinajstić information content (AvgIpc) is 3.18. The van der Waals surface area contributed by atoms with Crippen LogP contribution in [0.3, 0.4) is 0 Å². The molecule has 0 aliphatic heterocycles. The van der Waals surface area contributed by atoms with E-state index in [2.05, 4.69) is 0 Å². The van der Waals surface area contributed by atoms with Gasteiger partial charge in [-0.25, -0.2) is 17.2 Å². The van der Waals surface area contributed by atoms with Gasteiger partial charge >= 0.3 is 0 Å². The highest BCUT2D eigenvalue weighted by molar-refractivity contribution is 7.89. The molecule has 8 nitrogen and oxygen atoms in total. The van der Waals surface area contributed by atoms with Gasteiger partial charge in [0.05, 0.1) is 11.6 Å². The maximum Gasteiger partial charge on any atom is 0.261 e. The molecule has 0 fully saturated rings. The Bertz CT molecular complexity index is 1580. The first-order valence-electron chi connectivity index (χ1n) is 9.16. The number of aryl methyl sites for hydroxylation is 1. The van der Waals surface area contributed by atoms with Crippen LogP contribution in [0.25, 0.3) is 22.1 Å². The lowest BCUT2D eigenvalue weighted by molar-refractivity contribution is 0.437. The number of hydrogen-bond donors (Lipinski definition) is 0. The van der Waals surface area contributed by atoms with Crippen molar-refractivity contribution < 1.29 is 26.4 Å². The predicted octanol–water partition coefficient (Wildman–Crippen LogP) is 3.03. The first-order chi connectivity index (χ1) is 15.0. The van der Waals surface area contributed by atoms with Gasteiger partial charge in [0.2, 0.25) is 0 Å². The molecule has 4 aromatic rings. The standard InChI is InChI=1S/C21H16F2N2O6S/c1-24-9-15(20-13(21(24)27)5-6-30-20)14-10-25(11-32(2,28)29)19(26)8-18(14)31-17-4-3-12(22)7-16(17)23/h3-10H,11H2,1-2H3. The molecule has 0 aliphatic rings. The van der Waals surface area contributed by atoms with Gasteiger partial charge in [0.15, 0.2) is 21.4 Å². The molecule has 3 heterocycles. The minimum atomic E-state index is -3.59. The molecule has 0 atom stereocenters. The quantitative estimate of drug-likeness (QED) is 0.452. The fourth-order valence-corrected chi connectivity index (χ4v) is 3.96. The van der Waals surface area contributed by atoms with Crippen molar-refractivity contribution in [1.82, 2.24) is 9.13 Å². The van der Waals surface area contributed by atoms with Crippen molar-refractivity contribution >= 4 is 20.8 Å². The summed E-state index contributed by atoms with van der Waals surface area (Å²) >= 11 is 0. The van der Waals surface area contributed by atoms with Crippen molar-refractivity contribution in [1.29, 1.82) is 0 Å². The van der Waals surface area contributed by atoms with Gasteiger partial charge < -0.3 is 13.7 Å². The highest BCUT2D eigenvalue weighted by Crippen LogP contribution is 2.36. The fraction of sp³-hybridized carbons (Fsp3) is 0.143. The molecule has 0 saturated heterocycles. The van der Waals surface area contributed by atoms with Crippen molar-refractivity contribution in [3.8, 4) is 22.6 Å². The SMILES string of the molecule is Cn1cc(-c2cn(CS(C)(=O)=O)c(=O)cc2Oc2ccc(F)cc2F)c2occc2c1=O. The van der Waals surface area contributed by atoms with Gasteiger partial charge in [-0.3, -0.25) is 14.2 Å². The maximum absolute atomic E-state index is 14.2. The van der Waals surface area contributed by atoms with Crippen LogP contribution in [0.4, 0.5) is 8.78 Å². The summed E-state index contributed by atoms with van der Waals surface area (Å²) in [5.41, 5.74) is -0.437. The largest absolute Gasteiger partial charge is 0.463 e. The molecule has 166 valence electrons. The van der Waals surface area contributed by atoms with Gasteiger partial charge in [-0.05, 0) is 18.2 Å². The minimum absolute atomic E-state index is 0.137. The van der Waals surface area contributed by atoms with Gasteiger partial charge in [0, 0.05) is 49.0 Å². The Balaban J connectivity index is 2.00. The summed E-state index contributed by atoms with van der Waals surface area (Å²) in [6, 6.07) is 5.12. The van der Waals surface area contributed by atoms with Gasteiger partial charge in [-0.1, -0.05) is 0 Å². The predicted molar refractivity (Wildman–Crippen MR) is 112 cm³/mol. The molecular weight excluding hydrogens is 446 g/mol. The minimum Gasteiger partial charge on any atom is -0.463 e. The van der Waals surface area contributed by atoms with Crippen LogP contribution in [-0.4, -0.2) is 23.8 Å². The van der Waals surface area contributed by atoms with Gasteiger partial charge in [0.1, 0.15) is 23.0 Å². The number of pyridine rings is 2. The number of fused-ring (bicyclic) bond motifs is 1. The molecule has 3 aromatic heterocycles. The van der Waals surface area contributed by atoms with Gasteiger partial charge in [-0.15, -0.1) is 0 Å². The second-order valence-corrected chi connectivity index (χ2v) is 9.32. The van der Waals surface area contributed by atoms with E-state index in [-0.39, 0.29) is 33.6 Å². The zero-order valence-corrected chi connectivity index (χ0v) is 17.7. The van der Waals surface area contributed by atoms with Crippen molar-refractivity contribution in [3.63, 3.8) is 0 Å². The zero-order valence-electron chi connectivity index (χ0n) is 16.8. The molecule has 0 spiro atoms. The van der Waals surface area contributed by atoms with Gasteiger partial charge in [-0.2, -0.15) is 0 Å². The van der Waals surface area contributed by atoms with Crippen LogP contribution in [-0.2, 0) is 22.8 Å². The van der Waals surface area contributed by atoms with E-state index in [0.29, 0.717) is 11.6 Å². The lowest BCUT2D eigenvalue weighted by atomic mass is 10.1. The van der Waals surface area contributed by atoms with E-state index < -0.39 is 32.9 Å². The Labute approximate surface area is 179 Å². The number of halogens is 2. The molecule has 1 aromatic carbocycles. The lowest BCUT2D eigenvalue weighted by Crippen LogP contribution is -2.23. The van der Waals surface area contributed by atoms with E-state index >= 15 is 0 Å². The molecule has 0 radical (unpaired) electrons. The third-order valence-corrected chi connectivity index (χ3v) is 5.40.